The van der Waals surface area contributed by atoms with E-state index in [1.165, 1.54) is 0 Å². The zero-order valence-electron chi connectivity index (χ0n) is 31.8. The maximum atomic E-state index is 12.7. The lowest BCUT2D eigenvalue weighted by Crippen LogP contribution is -2.31. The van der Waals surface area contributed by atoms with Crippen molar-refractivity contribution in [3.63, 3.8) is 0 Å². The third kappa shape index (κ3) is 31.5. The van der Waals surface area contributed by atoms with Gasteiger partial charge in [-0.3, -0.25) is 19.2 Å². The summed E-state index contributed by atoms with van der Waals surface area (Å²) in [5, 5.41) is 0. The summed E-state index contributed by atoms with van der Waals surface area (Å²) in [6.07, 6.45) is 6.00. The summed E-state index contributed by atoms with van der Waals surface area (Å²) in [4.78, 5) is 47.8. The highest BCUT2D eigenvalue weighted by Crippen LogP contribution is 2.22. The quantitative estimate of drug-likeness (QED) is 0.0188. The van der Waals surface area contributed by atoms with E-state index >= 15 is 0 Å². The number of carbonyl (C=O) groups is 4. The molecule has 52 heavy (non-hydrogen) atoms. The van der Waals surface area contributed by atoms with Crippen molar-refractivity contribution in [1.82, 2.24) is 0 Å². The molecule has 0 saturated carbocycles. The molecule has 0 aromatic rings. The SMILES string of the molecule is CC(C)(CCCCC(=O)OC(C)(C)CCOC(CCOC(=O)CCS)CCOC(=O)CCS)OCOC(CCOCCCS)CCOC(=O)CCS. The fourth-order valence-electron chi connectivity index (χ4n) is 4.57. The molecule has 0 N–H and O–H groups in total. The molecule has 1 atom stereocenters. The molecular weight excluding hydrogens is 753 g/mol. The summed E-state index contributed by atoms with van der Waals surface area (Å²) in [6, 6.07) is 0. The number of hydrogen-bond acceptors (Lipinski definition) is 16. The molecule has 0 aromatic heterocycles. The van der Waals surface area contributed by atoms with Gasteiger partial charge in [0.2, 0.25) is 0 Å². The van der Waals surface area contributed by atoms with E-state index in [4.69, 9.17) is 37.9 Å². The second-order valence-electron chi connectivity index (χ2n) is 13.4. The maximum absolute atomic E-state index is 12.7. The van der Waals surface area contributed by atoms with Crippen LogP contribution >= 0.6 is 50.5 Å². The van der Waals surface area contributed by atoms with Gasteiger partial charge >= 0.3 is 23.9 Å². The van der Waals surface area contributed by atoms with E-state index in [1.807, 2.05) is 27.7 Å². The van der Waals surface area contributed by atoms with Crippen LogP contribution in [-0.2, 0) is 57.1 Å². The highest BCUT2D eigenvalue weighted by molar-refractivity contribution is 7.80. The molecule has 0 aromatic carbocycles. The number of ether oxygens (including phenoxy) is 8. The van der Waals surface area contributed by atoms with Crippen LogP contribution in [0.4, 0.5) is 0 Å². The van der Waals surface area contributed by atoms with Gasteiger partial charge in [0, 0.05) is 62.6 Å². The van der Waals surface area contributed by atoms with Crippen molar-refractivity contribution in [2.45, 2.75) is 135 Å². The zero-order chi connectivity index (χ0) is 39.1. The van der Waals surface area contributed by atoms with Crippen molar-refractivity contribution < 1.29 is 57.1 Å². The minimum absolute atomic E-state index is 0.0838. The maximum Gasteiger partial charge on any atom is 0.306 e. The molecule has 306 valence electrons. The molecule has 0 spiro atoms. The lowest BCUT2D eigenvalue weighted by molar-refractivity contribution is -0.163. The minimum atomic E-state index is -0.751. The molecule has 12 nitrogen and oxygen atoms in total. The third-order valence-corrected chi connectivity index (χ3v) is 8.69. The molecule has 16 heteroatoms. The van der Waals surface area contributed by atoms with Gasteiger partial charge in [0.05, 0.1) is 63.5 Å². The summed E-state index contributed by atoms with van der Waals surface area (Å²) < 4.78 is 45.2. The van der Waals surface area contributed by atoms with Crippen LogP contribution in [0.1, 0.15) is 111 Å². The predicted octanol–water partition coefficient (Wildman–Crippen LogP) is 6.27. The van der Waals surface area contributed by atoms with E-state index < -0.39 is 11.2 Å². The topological polar surface area (TPSA) is 142 Å². The van der Waals surface area contributed by atoms with Crippen molar-refractivity contribution in [3.05, 3.63) is 0 Å². The van der Waals surface area contributed by atoms with Crippen LogP contribution in [0.5, 0.6) is 0 Å². The largest absolute Gasteiger partial charge is 0.466 e. The first-order valence-electron chi connectivity index (χ1n) is 18.3. The Morgan fingerprint density at radius 1 is 0.500 bits per heavy atom. The zero-order valence-corrected chi connectivity index (χ0v) is 35.4. The second-order valence-corrected chi connectivity index (χ2v) is 15.2. The summed E-state index contributed by atoms with van der Waals surface area (Å²) in [7, 11) is 0. The molecule has 0 saturated heterocycles. The van der Waals surface area contributed by atoms with Crippen LogP contribution in [-0.4, -0.2) is 117 Å². The first-order valence-corrected chi connectivity index (χ1v) is 20.9. The standard InChI is InChI=1S/C36H66O12S4/c1-35(2,47-28-46-30(9-19-41-18-7-24-49)12-22-45-33(39)15-27-52)16-6-5-8-34(40)48-36(3,4)17-23-42-29(10-20-43-31(37)13-25-50)11-21-44-32(38)14-26-51/h29-30,49-52H,5-28H2,1-4H3. The van der Waals surface area contributed by atoms with Gasteiger partial charge < -0.3 is 37.9 Å². The average Bonchev–Trinajstić information content (AvgIpc) is 3.06. The van der Waals surface area contributed by atoms with Gasteiger partial charge in [0.1, 0.15) is 12.4 Å². The molecule has 0 amide bonds. The molecule has 0 aliphatic heterocycles. The Hall–Kier alpha value is -0.880. The molecule has 0 heterocycles. The number of rotatable bonds is 35. The van der Waals surface area contributed by atoms with E-state index in [1.54, 1.807) is 0 Å². The number of carbonyl (C=O) groups excluding carboxylic acids is 4. The Morgan fingerprint density at radius 2 is 1.00 bits per heavy atom. The van der Waals surface area contributed by atoms with Crippen LogP contribution < -0.4 is 0 Å². The van der Waals surface area contributed by atoms with Gasteiger partial charge in [-0.15, -0.1) is 0 Å². The van der Waals surface area contributed by atoms with E-state index in [2.05, 4.69) is 50.5 Å². The molecule has 0 rings (SSSR count). The van der Waals surface area contributed by atoms with Gasteiger partial charge in [-0.2, -0.15) is 50.5 Å². The fraction of sp³-hybridized carbons (Fsp3) is 0.889. The van der Waals surface area contributed by atoms with Gasteiger partial charge in [-0.25, -0.2) is 0 Å². The fourth-order valence-corrected chi connectivity index (χ4v) is 5.25. The normalized spacial score (nSPS) is 12.5. The number of esters is 4. The van der Waals surface area contributed by atoms with E-state index in [9.17, 15) is 19.2 Å². The molecule has 1 unspecified atom stereocenters. The van der Waals surface area contributed by atoms with Crippen LogP contribution in [0.3, 0.4) is 0 Å². The number of thiol groups is 4. The van der Waals surface area contributed by atoms with Gasteiger partial charge in [0.25, 0.3) is 0 Å². The van der Waals surface area contributed by atoms with Gasteiger partial charge in [0.15, 0.2) is 0 Å². The smallest absolute Gasteiger partial charge is 0.306 e. The highest BCUT2D eigenvalue weighted by Gasteiger charge is 2.25. The average molecular weight is 819 g/mol. The van der Waals surface area contributed by atoms with E-state index in [0.717, 1.165) is 25.0 Å². The lowest BCUT2D eigenvalue weighted by atomic mass is 10.0. The van der Waals surface area contributed by atoms with Crippen molar-refractivity contribution in [1.29, 1.82) is 0 Å². The summed E-state index contributed by atoms with van der Waals surface area (Å²) in [6.45, 7) is 9.81. The van der Waals surface area contributed by atoms with E-state index in [-0.39, 0.29) is 88.4 Å². The van der Waals surface area contributed by atoms with Crippen molar-refractivity contribution in [2.75, 3.05) is 69.4 Å². The number of hydrogen-bond donors (Lipinski definition) is 4. The Balaban J connectivity index is 4.60. The highest BCUT2D eigenvalue weighted by atomic mass is 32.1. The lowest BCUT2D eigenvalue weighted by Gasteiger charge is -2.28. The monoisotopic (exact) mass is 818 g/mol. The van der Waals surface area contributed by atoms with Gasteiger partial charge in [-0.1, -0.05) is 6.42 Å². The molecule has 0 aliphatic carbocycles. The minimum Gasteiger partial charge on any atom is -0.466 e. The Morgan fingerprint density at radius 3 is 1.50 bits per heavy atom. The Kier molecular flexibility index (Phi) is 31.8. The number of unbranched alkanes of at least 4 members (excludes halogenated alkanes) is 1. The molecule has 0 bridgehead atoms. The van der Waals surface area contributed by atoms with Crippen molar-refractivity contribution in [2.24, 2.45) is 0 Å². The molecule has 0 fully saturated rings. The first-order chi connectivity index (χ1) is 24.8. The van der Waals surface area contributed by atoms with Crippen LogP contribution in [0, 0.1) is 0 Å². The molecular formula is C36H66O12S4. The molecule has 0 radical (unpaired) electrons. The van der Waals surface area contributed by atoms with Gasteiger partial charge in [-0.05, 0) is 59.1 Å². The summed E-state index contributed by atoms with van der Waals surface area (Å²) in [5.74, 6) is 0.801. The summed E-state index contributed by atoms with van der Waals surface area (Å²) in [5.41, 5.74) is -1.22. The molecule has 0 aliphatic rings. The van der Waals surface area contributed by atoms with Crippen LogP contribution in [0.25, 0.3) is 0 Å². The summed E-state index contributed by atoms with van der Waals surface area (Å²) >= 11 is 16.3. The van der Waals surface area contributed by atoms with Crippen LogP contribution in [0.2, 0.25) is 0 Å². The predicted molar refractivity (Wildman–Crippen MR) is 214 cm³/mol. The first kappa shape index (κ1) is 51.1. The Labute approximate surface area is 334 Å². The second kappa shape index (κ2) is 32.4. The Bertz CT molecular complexity index is 930. The van der Waals surface area contributed by atoms with E-state index in [0.29, 0.717) is 75.6 Å². The van der Waals surface area contributed by atoms with Crippen LogP contribution in [0.15, 0.2) is 0 Å². The third-order valence-electron chi connectivity index (χ3n) is 7.70. The van der Waals surface area contributed by atoms with Crippen molar-refractivity contribution >= 4 is 74.4 Å². The van der Waals surface area contributed by atoms with Crippen molar-refractivity contribution in [3.8, 4) is 0 Å².